The van der Waals surface area contributed by atoms with E-state index >= 15 is 0 Å². The molecule has 2 aliphatic heterocycles. The SMILES string of the molecule is C[C@](NC(=O)CN1Cc2ccc(-c3nc(NC4CCOCC4)ncc3Cl)cc2C1=O)(OC(N)=O)c1ccccc1. The quantitative estimate of drug-likeness (QED) is 0.352. The maximum Gasteiger partial charge on any atom is 0.406 e. The third-order valence-corrected chi connectivity index (χ3v) is 7.18. The van der Waals surface area contributed by atoms with Crippen LogP contribution in [0.2, 0.25) is 5.02 Å². The first-order chi connectivity index (χ1) is 19.2. The summed E-state index contributed by atoms with van der Waals surface area (Å²) >= 11 is 6.44. The topological polar surface area (TPSA) is 149 Å². The van der Waals surface area contributed by atoms with Gasteiger partial charge in [0.25, 0.3) is 5.91 Å². The summed E-state index contributed by atoms with van der Waals surface area (Å²) in [6, 6.07) is 14.3. The summed E-state index contributed by atoms with van der Waals surface area (Å²) in [5.41, 5.74) is 6.66. The molecule has 0 aliphatic carbocycles. The van der Waals surface area contributed by atoms with Crippen molar-refractivity contribution < 1.29 is 23.9 Å². The second-order valence-electron chi connectivity index (χ2n) is 9.82. The van der Waals surface area contributed by atoms with Gasteiger partial charge in [0.15, 0.2) is 0 Å². The number of aromatic nitrogens is 2. The number of hydrogen-bond acceptors (Lipinski definition) is 8. The fraction of sp³-hybridized carbons (Fsp3) is 0.321. The number of anilines is 1. The van der Waals surface area contributed by atoms with Gasteiger partial charge in [0.1, 0.15) is 6.54 Å². The molecule has 1 saturated heterocycles. The molecule has 4 N–H and O–H groups in total. The fourth-order valence-electron chi connectivity index (χ4n) is 4.89. The van der Waals surface area contributed by atoms with E-state index in [1.165, 1.54) is 18.0 Å². The van der Waals surface area contributed by atoms with Crippen LogP contribution in [0.4, 0.5) is 10.7 Å². The molecule has 40 heavy (non-hydrogen) atoms. The lowest BCUT2D eigenvalue weighted by Gasteiger charge is -2.31. The molecular formula is C28H29ClN6O5. The lowest BCUT2D eigenvalue weighted by molar-refractivity contribution is -0.129. The lowest BCUT2D eigenvalue weighted by atomic mass is 10.0. The van der Waals surface area contributed by atoms with Gasteiger partial charge in [-0.05, 0) is 31.4 Å². The number of primary amides is 1. The van der Waals surface area contributed by atoms with E-state index in [2.05, 4.69) is 20.6 Å². The smallest absolute Gasteiger partial charge is 0.406 e. The van der Waals surface area contributed by atoms with Gasteiger partial charge in [0.05, 0.1) is 16.9 Å². The van der Waals surface area contributed by atoms with Crippen molar-refractivity contribution in [2.24, 2.45) is 5.73 Å². The number of carbonyl (C=O) groups excluding carboxylic acids is 3. The van der Waals surface area contributed by atoms with Gasteiger partial charge in [-0.15, -0.1) is 0 Å². The zero-order valence-electron chi connectivity index (χ0n) is 21.9. The molecular weight excluding hydrogens is 536 g/mol. The summed E-state index contributed by atoms with van der Waals surface area (Å²) in [4.78, 5) is 48.2. The average molecular weight is 565 g/mol. The molecule has 2 aromatic carbocycles. The number of halogens is 1. The maximum absolute atomic E-state index is 13.3. The van der Waals surface area contributed by atoms with E-state index in [-0.39, 0.29) is 25.0 Å². The highest BCUT2D eigenvalue weighted by molar-refractivity contribution is 6.33. The second kappa shape index (κ2) is 11.5. The molecule has 1 fully saturated rings. The Labute approximate surface area is 236 Å². The predicted octanol–water partition coefficient (Wildman–Crippen LogP) is 3.43. The lowest BCUT2D eigenvalue weighted by Crippen LogP contribution is -2.50. The molecule has 2 aliphatic rings. The predicted molar refractivity (Wildman–Crippen MR) is 147 cm³/mol. The number of carbonyl (C=O) groups is 3. The average Bonchev–Trinajstić information content (AvgIpc) is 3.24. The minimum Gasteiger partial charge on any atom is -0.419 e. The zero-order chi connectivity index (χ0) is 28.3. The molecule has 0 saturated carbocycles. The van der Waals surface area contributed by atoms with Crippen LogP contribution in [0.25, 0.3) is 11.3 Å². The van der Waals surface area contributed by atoms with Gasteiger partial charge in [0, 0.05) is 42.5 Å². The highest BCUT2D eigenvalue weighted by Gasteiger charge is 2.35. The second-order valence-corrected chi connectivity index (χ2v) is 10.2. The molecule has 3 heterocycles. The summed E-state index contributed by atoms with van der Waals surface area (Å²) in [6.07, 6.45) is 2.21. The van der Waals surface area contributed by atoms with Crippen LogP contribution in [0.3, 0.4) is 0 Å². The number of amides is 3. The first kappa shape index (κ1) is 27.4. The Balaban J connectivity index is 1.30. The van der Waals surface area contributed by atoms with Crippen molar-refractivity contribution in [1.82, 2.24) is 20.2 Å². The van der Waals surface area contributed by atoms with Gasteiger partial charge in [0.2, 0.25) is 17.6 Å². The molecule has 208 valence electrons. The van der Waals surface area contributed by atoms with E-state index in [0.29, 0.717) is 46.6 Å². The van der Waals surface area contributed by atoms with Crippen LogP contribution in [-0.4, -0.2) is 58.6 Å². The largest absolute Gasteiger partial charge is 0.419 e. The highest BCUT2D eigenvalue weighted by Crippen LogP contribution is 2.32. The minimum absolute atomic E-state index is 0.209. The van der Waals surface area contributed by atoms with Crippen molar-refractivity contribution in [2.75, 3.05) is 25.1 Å². The Bertz CT molecular complexity index is 1430. The van der Waals surface area contributed by atoms with Crippen molar-refractivity contribution >= 4 is 35.5 Å². The normalized spacial score (nSPS) is 16.6. The number of ether oxygens (including phenoxy) is 2. The van der Waals surface area contributed by atoms with Gasteiger partial charge < -0.3 is 30.7 Å². The number of nitrogens with one attached hydrogen (secondary N) is 2. The van der Waals surface area contributed by atoms with Crippen molar-refractivity contribution in [2.45, 2.75) is 38.1 Å². The van der Waals surface area contributed by atoms with Crippen LogP contribution in [0, 0.1) is 0 Å². The molecule has 1 atom stereocenters. The van der Waals surface area contributed by atoms with Gasteiger partial charge in [-0.1, -0.05) is 54.1 Å². The fourth-order valence-corrected chi connectivity index (χ4v) is 5.09. The van der Waals surface area contributed by atoms with Crippen LogP contribution in [0.5, 0.6) is 0 Å². The Morgan fingerprint density at radius 2 is 1.95 bits per heavy atom. The Morgan fingerprint density at radius 1 is 1.20 bits per heavy atom. The number of nitrogens with two attached hydrogens (primary N) is 1. The Hall–Kier alpha value is -4.22. The van der Waals surface area contributed by atoms with Gasteiger partial charge in [-0.25, -0.2) is 14.8 Å². The summed E-state index contributed by atoms with van der Waals surface area (Å²) in [7, 11) is 0. The Morgan fingerprint density at radius 3 is 2.67 bits per heavy atom. The van der Waals surface area contributed by atoms with E-state index < -0.39 is 17.7 Å². The summed E-state index contributed by atoms with van der Waals surface area (Å²) in [5, 5.41) is 6.38. The van der Waals surface area contributed by atoms with E-state index in [0.717, 1.165) is 18.4 Å². The summed E-state index contributed by atoms with van der Waals surface area (Å²) < 4.78 is 10.7. The van der Waals surface area contributed by atoms with Gasteiger partial charge >= 0.3 is 6.09 Å². The maximum atomic E-state index is 13.3. The first-order valence-electron chi connectivity index (χ1n) is 12.9. The third kappa shape index (κ3) is 6.00. The highest BCUT2D eigenvalue weighted by atomic mass is 35.5. The number of rotatable bonds is 8. The summed E-state index contributed by atoms with van der Waals surface area (Å²) in [5.74, 6) is -0.373. The number of hydrogen-bond donors (Lipinski definition) is 3. The van der Waals surface area contributed by atoms with Crippen molar-refractivity contribution in [3.63, 3.8) is 0 Å². The van der Waals surface area contributed by atoms with Crippen LogP contribution < -0.4 is 16.4 Å². The van der Waals surface area contributed by atoms with Gasteiger partial charge in [-0.2, -0.15) is 0 Å². The summed E-state index contributed by atoms with van der Waals surface area (Å²) in [6.45, 7) is 2.89. The monoisotopic (exact) mass is 564 g/mol. The first-order valence-corrected chi connectivity index (χ1v) is 13.2. The van der Waals surface area contributed by atoms with Crippen molar-refractivity contribution in [3.8, 4) is 11.3 Å². The van der Waals surface area contributed by atoms with Crippen LogP contribution in [-0.2, 0) is 26.5 Å². The molecule has 0 radical (unpaired) electrons. The number of benzene rings is 2. The standard InChI is InChI=1S/C28H29ClN6O5/c1-28(40-26(30)38,19-5-3-2-4-6-19)34-23(36)16-35-15-18-8-7-17(13-21(18)25(35)37)24-22(29)14-31-27(33-24)32-20-9-11-39-12-10-20/h2-8,13-14,20H,9-12,15-16H2,1H3,(H2,30,38)(H,34,36)(H,31,32,33)/t28-/m0/s1. The molecule has 12 heteroatoms. The molecule has 0 unspecified atom stereocenters. The minimum atomic E-state index is -1.51. The van der Waals surface area contributed by atoms with Crippen LogP contribution >= 0.6 is 11.6 Å². The van der Waals surface area contributed by atoms with Crippen molar-refractivity contribution in [1.29, 1.82) is 0 Å². The molecule has 1 aromatic heterocycles. The Kier molecular flexibility index (Phi) is 7.85. The molecule has 3 aromatic rings. The van der Waals surface area contributed by atoms with E-state index in [9.17, 15) is 14.4 Å². The van der Waals surface area contributed by atoms with Crippen molar-refractivity contribution in [3.05, 3.63) is 76.4 Å². The molecule has 0 spiro atoms. The van der Waals surface area contributed by atoms with Crippen LogP contribution in [0.15, 0.2) is 54.7 Å². The van der Waals surface area contributed by atoms with Crippen LogP contribution in [0.1, 0.15) is 41.3 Å². The van der Waals surface area contributed by atoms with E-state index in [1.54, 1.807) is 36.4 Å². The zero-order valence-corrected chi connectivity index (χ0v) is 22.6. The molecule has 3 amide bonds. The van der Waals surface area contributed by atoms with E-state index in [4.69, 9.17) is 26.8 Å². The molecule has 0 bridgehead atoms. The molecule has 11 nitrogen and oxygen atoms in total. The number of nitrogens with zero attached hydrogens (tertiary/aromatic N) is 3. The van der Waals surface area contributed by atoms with E-state index in [1.807, 2.05) is 12.1 Å². The molecule has 5 rings (SSSR count). The van der Waals surface area contributed by atoms with Gasteiger partial charge in [-0.3, -0.25) is 9.59 Å². The third-order valence-electron chi connectivity index (χ3n) is 6.90. The number of fused-ring (bicyclic) bond motifs is 1.